The van der Waals surface area contributed by atoms with E-state index < -0.39 is 0 Å². The molecule has 0 aromatic carbocycles. The van der Waals surface area contributed by atoms with Crippen molar-refractivity contribution in [3.05, 3.63) is 24.8 Å². The fourth-order valence-corrected chi connectivity index (χ4v) is 0.951. The van der Waals surface area contributed by atoms with Gasteiger partial charge in [-0.05, 0) is 0 Å². The first-order valence-corrected chi connectivity index (χ1v) is 3.98. The standard InChI is InChI=1S/C8H9N5O/c1-13-5-6(2-12-13)14-8-4-10-7(9)3-11-8/h2-5H,1H3,(H2,9,10). The fraction of sp³-hybridized carbons (Fsp3) is 0.125. The highest BCUT2D eigenvalue weighted by atomic mass is 16.5. The van der Waals surface area contributed by atoms with Crippen LogP contribution >= 0.6 is 0 Å². The summed E-state index contributed by atoms with van der Waals surface area (Å²) >= 11 is 0. The highest BCUT2D eigenvalue weighted by Gasteiger charge is 2.00. The summed E-state index contributed by atoms with van der Waals surface area (Å²) in [5, 5.41) is 3.95. The molecular weight excluding hydrogens is 182 g/mol. The number of hydrogen-bond donors (Lipinski definition) is 1. The van der Waals surface area contributed by atoms with Crippen LogP contribution in [-0.4, -0.2) is 19.7 Å². The van der Waals surface area contributed by atoms with E-state index in [9.17, 15) is 0 Å². The summed E-state index contributed by atoms with van der Waals surface area (Å²) in [7, 11) is 1.81. The second kappa shape index (κ2) is 3.33. The van der Waals surface area contributed by atoms with Gasteiger partial charge in [-0.15, -0.1) is 0 Å². The summed E-state index contributed by atoms with van der Waals surface area (Å²) in [5.74, 6) is 1.38. The number of anilines is 1. The van der Waals surface area contributed by atoms with Gasteiger partial charge in [0.25, 0.3) is 0 Å². The molecule has 2 heterocycles. The molecule has 72 valence electrons. The zero-order valence-corrected chi connectivity index (χ0v) is 7.58. The van der Waals surface area contributed by atoms with Gasteiger partial charge in [0.15, 0.2) is 5.75 Å². The van der Waals surface area contributed by atoms with E-state index in [1.807, 2.05) is 7.05 Å². The van der Waals surface area contributed by atoms with Crippen LogP contribution in [0.2, 0.25) is 0 Å². The molecule has 6 heteroatoms. The Morgan fingerprint density at radius 1 is 1.29 bits per heavy atom. The minimum Gasteiger partial charge on any atom is -0.434 e. The SMILES string of the molecule is Cn1cc(Oc2cnc(N)cn2)cn1. The Kier molecular flexibility index (Phi) is 2.02. The predicted molar refractivity (Wildman–Crippen MR) is 49.7 cm³/mol. The third-order valence-corrected chi connectivity index (χ3v) is 1.55. The lowest BCUT2D eigenvalue weighted by atomic mass is 10.6. The first-order chi connectivity index (χ1) is 6.74. The average molecular weight is 191 g/mol. The molecule has 2 aromatic heterocycles. The summed E-state index contributed by atoms with van der Waals surface area (Å²) in [6, 6.07) is 0. The normalized spacial score (nSPS) is 10.1. The maximum Gasteiger partial charge on any atom is 0.238 e. The van der Waals surface area contributed by atoms with Crippen LogP contribution in [-0.2, 0) is 7.05 Å². The molecule has 0 saturated carbocycles. The van der Waals surface area contributed by atoms with Crippen LogP contribution < -0.4 is 10.5 Å². The smallest absolute Gasteiger partial charge is 0.238 e. The molecule has 0 radical (unpaired) electrons. The molecule has 0 atom stereocenters. The Balaban J connectivity index is 2.15. The molecule has 2 aromatic rings. The number of nitrogen functional groups attached to an aromatic ring is 1. The Morgan fingerprint density at radius 3 is 2.71 bits per heavy atom. The monoisotopic (exact) mass is 191 g/mol. The van der Waals surface area contributed by atoms with E-state index in [0.717, 1.165) is 0 Å². The number of nitrogens with zero attached hydrogens (tertiary/aromatic N) is 4. The third kappa shape index (κ3) is 1.79. The molecule has 0 unspecified atom stereocenters. The van der Waals surface area contributed by atoms with Gasteiger partial charge in [-0.3, -0.25) is 4.68 Å². The van der Waals surface area contributed by atoms with Gasteiger partial charge in [0.2, 0.25) is 5.88 Å². The molecule has 0 spiro atoms. The molecular formula is C8H9N5O. The number of ether oxygens (including phenoxy) is 1. The van der Waals surface area contributed by atoms with Crippen molar-refractivity contribution >= 4 is 5.82 Å². The fourth-order valence-electron chi connectivity index (χ4n) is 0.951. The minimum atomic E-state index is 0.364. The topological polar surface area (TPSA) is 78.9 Å². The lowest BCUT2D eigenvalue weighted by molar-refractivity contribution is 0.460. The first-order valence-electron chi connectivity index (χ1n) is 3.98. The van der Waals surface area contributed by atoms with Crippen molar-refractivity contribution in [2.75, 3.05) is 5.73 Å². The van der Waals surface area contributed by atoms with Crippen molar-refractivity contribution in [2.45, 2.75) is 0 Å². The van der Waals surface area contributed by atoms with E-state index in [1.54, 1.807) is 17.1 Å². The lowest BCUT2D eigenvalue weighted by Gasteiger charge is -1.99. The van der Waals surface area contributed by atoms with Gasteiger partial charge >= 0.3 is 0 Å². The molecule has 0 aliphatic carbocycles. The van der Waals surface area contributed by atoms with Crippen molar-refractivity contribution in [2.24, 2.45) is 7.05 Å². The molecule has 0 saturated heterocycles. The number of hydrogen-bond acceptors (Lipinski definition) is 5. The summed E-state index contributed by atoms with van der Waals surface area (Å²) in [4.78, 5) is 7.78. The zero-order chi connectivity index (χ0) is 9.97. The summed E-state index contributed by atoms with van der Waals surface area (Å²) in [6.07, 6.45) is 6.23. The molecule has 0 aliphatic rings. The Hall–Kier alpha value is -2.11. The van der Waals surface area contributed by atoms with Crippen LogP contribution in [0.25, 0.3) is 0 Å². The molecule has 0 aliphatic heterocycles. The van der Waals surface area contributed by atoms with Crippen molar-refractivity contribution in [3.8, 4) is 11.6 Å². The van der Waals surface area contributed by atoms with Gasteiger partial charge < -0.3 is 10.5 Å². The van der Waals surface area contributed by atoms with Crippen molar-refractivity contribution in [1.82, 2.24) is 19.7 Å². The highest BCUT2D eigenvalue weighted by Crippen LogP contribution is 2.16. The minimum absolute atomic E-state index is 0.364. The van der Waals surface area contributed by atoms with Gasteiger partial charge in [0, 0.05) is 7.05 Å². The van der Waals surface area contributed by atoms with Crippen molar-refractivity contribution < 1.29 is 4.74 Å². The molecule has 14 heavy (non-hydrogen) atoms. The first kappa shape index (κ1) is 8.49. The van der Waals surface area contributed by atoms with Crippen LogP contribution in [0.3, 0.4) is 0 Å². The zero-order valence-electron chi connectivity index (χ0n) is 7.58. The van der Waals surface area contributed by atoms with Gasteiger partial charge in [-0.25, -0.2) is 9.97 Å². The maximum atomic E-state index is 5.38. The van der Waals surface area contributed by atoms with Crippen LogP contribution in [0, 0.1) is 0 Å². The van der Waals surface area contributed by atoms with Gasteiger partial charge in [-0.2, -0.15) is 5.10 Å². The summed E-state index contributed by atoms with van der Waals surface area (Å²) in [6.45, 7) is 0. The number of rotatable bonds is 2. The Bertz CT molecular complexity index is 422. The van der Waals surface area contributed by atoms with Crippen LogP contribution in [0.5, 0.6) is 11.6 Å². The molecule has 0 fully saturated rings. The molecule has 0 amide bonds. The maximum absolute atomic E-state index is 5.38. The quantitative estimate of drug-likeness (QED) is 0.751. The second-order valence-electron chi connectivity index (χ2n) is 2.73. The Labute approximate surface area is 80.4 Å². The van der Waals surface area contributed by atoms with Gasteiger partial charge in [0.05, 0.1) is 24.8 Å². The lowest BCUT2D eigenvalue weighted by Crippen LogP contribution is -1.93. The van der Waals surface area contributed by atoms with E-state index in [1.165, 1.54) is 12.4 Å². The van der Waals surface area contributed by atoms with Crippen LogP contribution in [0.1, 0.15) is 0 Å². The largest absolute Gasteiger partial charge is 0.434 e. The number of nitrogens with two attached hydrogens (primary N) is 1. The van der Waals surface area contributed by atoms with E-state index >= 15 is 0 Å². The second-order valence-corrected chi connectivity index (χ2v) is 2.73. The predicted octanol–water partition coefficient (Wildman–Crippen LogP) is 0.585. The highest BCUT2D eigenvalue weighted by molar-refractivity contribution is 5.26. The van der Waals surface area contributed by atoms with Crippen molar-refractivity contribution in [1.29, 1.82) is 0 Å². The van der Waals surface area contributed by atoms with E-state index in [0.29, 0.717) is 17.4 Å². The van der Waals surface area contributed by atoms with Crippen LogP contribution in [0.4, 0.5) is 5.82 Å². The van der Waals surface area contributed by atoms with E-state index in [-0.39, 0.29) is 0 Å². The van der Waals surface area contributed by atoms with Gasteiger partial charge in [-0.1, -0.05) is 0 Å². The third-order valence-electron chi connectivity index (χ3n) is 1.55. The number of aryl methyl sites for hydroxylation is 1. The van der Waals surface area contributed by atoms with Crippen LogP contribution in [0.15, 0.2) is 24.8 Å². The molecule has 2 rings (SSSR count). The van der Waals surface area contributed by atoms with Crippen molar-refractivity contribution in [3.63, 3.8) is 0 Å². The molecule has 2 N–H and O–H groups in total. The van der Waals surface area contributed by atoms with Gasteiger partial charge in [0.1, 0.15) is 5.82 Å². The molecule has 6 nitrogen and oxygen atoms in total. The Morgan fingerprint density at radius 2 is 2.14 bits per heavy atom. The van der Waals surface area contributed by atoms with E-state index in [4.69, 9.17) is 10.5 Å². The number of aromatic nitrogens is 4. The average Bonchev–Trinajstić information content (AvgIpc) is 2.56. The summed E-state index contributed by atoms with van der Waals surface area (Å²) in [5.41, 5.74) is 5.38. The van der Waals surface area contributed by atoms with E-state index in [2.05, 4.69) is 15.1 Å². The molecule has 0 bridgehead atoms. The summed E-state index contributed by atoms with van der Waals surface area (Å²) < 4.78 is 6.98.